The highest BCUT2D eigenvalue weighted by molar-refractivity contribution is 5.46. The summed E-state index contributed by atoms with van der Waals surface area (Å²) in [7, 11) is 3.76. The van der Waals surface area contributed by atoms with Gasteiger partial charge in [0.25, 0.3) is 0 Å². The predicted molar refractivity (Wildman–Crippen MR) is 57.3 cm³/mol. The summed E-state index contributed by atoms with van der Waals surface area (Å²) in [6.07, 6.45) is 1.71. The summed E-state index contributed by atoms with van der Waals surface area (Å²) < 4.78 is 5.41. The van der Waals surface area contributed by atoms with E-state index in [-0.39, 0.29) is 5.60 Å². The maximum absolute atomic E-state index is 10.1. The smallest absolute Gasteiger partial charge is 0.207 e. The van der Waals surface area contributed by atoms with Crippen LogP contribution < -0.4 is 5.32 Å². The van der Waals surface area contributed by atoms with E-state index in [4.69, 9.17) is 4.74 Å². The van der Waals surface area contributed by atoms with Crippen LogP contribution in [0.3, 0.4) is 0 Å². The van der Waals surface area contributed by atoms with Gasteiger partial charge in [-0.1, -0.05) is 13.8 Å². The van der Waals surface area contributed by atoms with Crippen LogP contribution in [-0.4, -0.2) is 50.7 Å². The summed E-state index contributed by atoms with van der Waals surface area (Å²) in [5.74, 6) is 0. The lowest BCUT2D eigenvalue weighted by Gasteiger charge is -2.26. The van der Waals surface area contributed by atoms with Crippen LogP contribution in [0.1, 0.15) is 20.3 Å². The third-order valence-electron chi connectivity index (χ3n) is 2.45. The van der Waals surface area contributed by atoms with Gasteiger partial charge in [-0.3, -0.25) is 4.79 Å². The largest absolute Gasteiger partial charge is 0.375 e. The highest BCUT2D eigenvalue weighted by Gasteiger charge is 2.36. The molecule has 0 aromatic heterocycles. The number of hydrogen-bond acceptors (Lipinski definition) is 3. The molecule has 4 nitrogen and oxygen atoms in total. The van der Waals surface area contributed by atoms with E-state index < -0.39 is 0 Å². The fourth-order valence-corrected chi connectivity index (χ4v) is 1.66. The van der Waals surface area contributed by atoms with Crippen molar-refractivity contribution in [2.45, 2.75) is 25.9 Å². The van der Waals surface area contributed by atoms with Crippen LogP contribution in [0.4, 0.5) is 0 Å². The molecule has 1 N–H and O–H groups in total. The number of likely N-dealkylation sites (tertiary alicyclic amines) is 1. The number of rotatable bonds is 4. The first-order valence-electron chi connectivity index (χ1n) is 5.13. The third kappa shape index (κ3) is 3.64. The molecule has 0 aromatic rings. The number of nitrogens with one attached hydrogen (secondary N) is 1. The van der Waals surface area contributed by atoms with Gasteiger partial charge in [-0.05, 0) is 13.5 Å². The normalized spacial score (nSPS) is 26.6. The van der Waals surface area contributed by atoms with Crippen molar-refractivity contribution in [1.29, 1.82) is 0 Å². The summed E-state index contributed by atoms with van der Waals surface area (Å²) >= 11 is 0. The molecular weight excluding hydrogens is 180 g/mol. The van der Waals surface area contributed by atoms with Crippen molar-refractivity contribution >= 4 is 6.41 Å². The summed E-state index contributed by atoms with van der Waals surface area (Å²) in [5.41, 5.74) is -0.157. The minimum Gasteiger partial charge on any atom is -0.375 e. The minimum atomic E-state index is -0.157. The fourth-order valence-electron chi connectivity index (χ4n) is 1.66. The zero-order chi connectivity index (χ0) is 11.0. The Hall–Kier alpha value is -0.610. The first-order valence-corrected chi connectivity index (χ1v) is 5.13. The van der Waals surface area contributed by atoms with Gasteiger partial charge in [0.2, 0.25) is 6.41 Å². The Kier molecular flexibility index (Phi) is 6.49. The number of ether oxygens (including phenoxy) is 1. The Morgan fingerprint density at radius 3 is 2.57 bits per heavy atom. The molecule has 1 unspecified atom stereocenters. The average molecular weight is 202 g/mol. The van der Waals surface area contributed by atoms with E-state index in [9.17, 15) is 4.79 Å². The molecule has 0 spiro atoms. The van der Waals surface area contributed by atoms with E-state index in [1.807, 2.05) is 13.8 Å². The summed E-state index contributed by atoms with van der Waals surface area (Å²) in [4.78, 5) is 12.3. The lowest BCUT2D eigenvalue weighted by molar-refractivity contribution is -0.111. The average Bonchev–Trinajstić information content (AvgIpc) is 2.61. The number of amides is 1. The van der Waals surface area contributed by atoms with Crippen molar-refractivity contribution in [3.05, 3.63) is 0 Å². The van der Waals surface area contributed by atoms with Gasteiger partial charge in [0.15, 0.2) is 0 Å². The van der Waals surface area contributed by atoms with E-state index in [2.05, 4.69) is 17.3 Å². The lowest BCUT2D eigenvalue weighted by atomic mass is 10.0. The van der Waals surface area contributed by atoms with Gasteiger partial charge in [-0.15, -0.1) is 0 Å². The van der Waals surface area contributed by atoms with Crippen LogP contribution in [-0.2, 0) is 9.53 Å². The molecule has 1 atom stereocenters. The maximum Gasteiger partial charge on any atom is 0.207 e. The molecule has 1 fully saturated rings. The number of hydrogen-bond donors (Lipinski definition) is 1. The molecule has 84 valence electrons. The molecule has 1 aliphatic heterocycles. The Bertz CT molecular complexity index is 164. The Morgan fingerprint density at radius 1 is 1.57 bits per heavy atom. The fraction of sp³-hybridized carbons (Fsp3) is 0.900. The number of carbonyl (C=O) groups is 1. The van der Waals surface area contributed by atoms with Gasteiger partial charge in [0, 0.05) is 26.7 Å². The molecule has 1 rings (SSSR count). The zero-order valence-electron chi connectivity index (χ0n) is 9.67. The van der Waals surface area contributed by atoms with Crippen LogP contribution in [0.5, 0.6) is 0 Å². The Morgan fingerprint density at radius 2 is 2.21 bits per heavy atom. The van der Waals surface area contributed by atoms with Crippen LogP contribution in [0.2, 0.25) is 0 Å². The standard InChI is InChI=1S/C8H16N2O2.C2H6/c1-10-4-3-8(6-10,12-2)5-9-7-11;1-2/h7H,3-6H2,1-2H3,(H,9,11);1-2H3. The molecule has 1 aliphatic rings. The topological polar surface area (TPSA) is 41.6 Å². The maximum atomic E-state index is 10.1. The summed E-state index contributed by atoms with van der Waals surface area (Å²) in [6, 6.07) is 0. The molecule has 1 heterocycles. The zero-order valence-corrected chi connectivity index (χ0v) is 9.67. The number of nitrogens with zero attached hydrogens (tertiary/aromatic N) is 1. The first-order chi connectivity index (χ1) is 6.72. The van der Waals surface area contributed by atoms with Gasteiger partial charge < -0.3 is 15.0 Å². The predicted octanol–water partition coefficient (Wildman–Crippen LogP) is 0.479. The van der Waals surface area contributed by atoms with Crippen molar-refractivity contribution in [2.75, 3.05) is 33.8 Å². The molecule has 4 heteroatoms. The second kappa shape index (κ2) is 6.79. The Balaban J connectivity index is 0.000000791. The molecule has 1 saturated heterocycles. The third-order valence-corrected chi connectivity index (χ3v) is 2.45. The molecule has 1 amide bonds. The van der Waals surface area contributed by atoms with E-state index in [1.54, 1.807) is 7.11 Å². The van der Waals surface area contributed by atoms with Crippen molar-refractivity contribution in [3.63, 3.8) is 0 Å². The van der Waals surface area contributed by atoms with E-state index in [1.165, 1.54) is 0 Å². The van der Waals surface area contributed by atoms with Crippen LogP contribution >= 0.6 is 0 Å². The Labute approximate surface area is 86.6 Å². The van der Waals surface area contributed by atoms with Crippen molar-refractivity contribution in [3.8, 4) is 0 Å². The second-order valence-corrected chi connectivity index (χ2v) is 3.37. The SMILES string of the molecule is CC.COC1(CNC=O)CCN(C)C1. The van der Waals surface area contributed by atoms with E-state index in [0.717, 1.165) is 25.9 Å². The van der Waals surface area contributed by atoms with E-state index >= 15 is 0 Å². The second-order valence-electron chi connectivity index (χ2n) is 3.37. The number of methoxy groups -OCH3 is 1. The van der Waals surface area contributed by atoms with Gasteiger partial charge in [-0.2, -0.15) is 0 Å². The monoisotopic (exact) mass is 202 g/mol. The highest BCUT2D eigenvalue weighted by Crippen LogP contribution is 2.22. The van der Waals surface area contributed by atoms with Gasteiger partial charge in [0.1, 0.15) is 0 Å². The summed E-state index contributed by atoms with van der Waals surface area (Å²) in [5, 5.41) is 2.67. The van der Waals surface area contributed by atoms with Crippen LogP contribution in [0.15, 0.2) is 0 Å². The lowest BCUT2D eigenvalue weighted by Crippen LogP contribution is -2.44. The van der Waals surface area contributed by atoms with Crippen LogP contribution in [0, 0.1) is 0 Å². The van der Waals surface area contributed by atoms with Gasteiger partial charge in [0.05, 0.1) is 5.60 Å². The first kappa shape index (κ1) is 13.4. The van der Waals surface area contributed by atoms with Crippen molar-refractivity contribution in [2.24, 2.45) is 0 Å². The number of carbonyl (C=O) groups excluding carboxylic acids is 1. The molecule has 0 bridgehead atoms. The number of likely N-dealkylation sites (N-methyl/N-ethyl adjacent to an activating group) is 1. The molecule has 14 heavy (non-hydrogen) atoms. The molecule has 0 aliphatic carbocycles. The molecule has 0 saturated carbocycles. The molecule has 0 aromatic carbocycles. The highest BCUT2D eigenvalue weighted by atomic mass is 16.5. The van der Waals surface area contributed by atoms with Crippen molar-refractivity contribution < 1.29 is 9.53 Å². The molecular formula is C10H22N2O2. The minimum absolute atomic E-state index is 0.157. The molecule has 0 radical (unpaired) electrons. The van der Waals surface area contributed by atoms with E-state index in [0.29, 0.717) is 6.54 Å². The van der Waals surface area contributed by atoms with Crippen molar-refractivity contribution in [1.82, 2.24) is 10.2 Å². The van der Waals surface area contributed by atoms with Gasteiger partial charge in [-0.25, -0.2) is 0 Å². The quantitative estimate of drug-likeness (QED) is 0.674. The van der Waals surface area contributed by atoms with Gasteiger partial charge >= 0.3 is 0 Å². The van der Waals surface area contributed by atoms with Crippen LogP contribution in [0.25, 0.3) is 0 Å². The summed E-state index contributed by atoms with van der Waals surface area (Å²) in [6.45, 7) is 6.54.